The second-order valence-corrected chi connectivity index (χ2v) is 6.89. The van der Waals surface area contributed by atoms with Crippen molar-refractivity contribution in [3.8, 4) is 0 Å². The van der Waals surface area contributed by atoms with Gasteiger partial charge in [-0.15, -0.1) is 0 Å². The van der Waals surface area contributed by atoms with Gasteiger partial charge < -0.3 is 15.1 Å². The van der Waals surface area contributed by atoms with Gasteiger partial charge >= 0.3 is 0 Å². The van der Waals surface area contributed by atoms with Crippen LogP contribution in [0, 0.1) is 0 Å². The first-order valence-corrected chi connectivity index (χ1v) is 9.46. The molecule has 0 aliphatic carbocycles. The van der Waals surface area contributed by atoms with Gasteiger partial charge in [0.2, 0.25) is 5.91 Å². The van der Waals surface area contributed by atoms with E-state index in [9.17, 15) is 9.59 Å². The Morgan fingerprint density at radius 2 is 1.76 bits per heavy atom. The second kappa shape index (κ2) is 8.72. The molecule has 29 heavy (non-hydrogen) atoms. The van der Waals surface area contributed by atoms with Crippen molar-refractivity contribution in [3.63, 3.8) is 0 Å². The topological polar surface area (TPSA) is 95.4 Å². The van der Waals surface area contributed by atoms with E-state index in [4.69, 9.17) is 4.42 Å². The summed E-state index contributed by atoms with van der Waals surface area (Å²) in [6.45, 7) is 0.416. The fourth-order valence-electron chi connectivity index (χ4n) is 3.25. The van der Waals surface area contributed by atoms with E-state index in [2.05, 4.69) is 21.5 Å². The Hall–Kier alpha value is -3.42. The first-order chi connectivity index (χ1) is 14.2. The number of hydrogen-bond acceptors (Lipinski definition) is 5. The smallest absolute Gasteiger partial charge is 0.291 e. The number of furan rings is 1. The number of rotatable bonds is 6. The van der Waals surface area contributed by atoms with Crippen LogP contribution in [0.5, 0.6) is 0 Å². The lowest BCUT2D eigenvalue weighted by molar-refractivity contribution is -0.123. The van der Waals surface area contributed by atoms with Crippen molar-refractivity contribution >= 4 is 17.5 Å². The Bertz CT molecular complexity index is 955. The largest absolute Gasteiger partial charge is 0.459 e. The number of amides is 2. The lowest BCUT2D eigenvalue weighted by Gasteiger charge is -2.11. The van der Waals surface area contributed by atoms with Gasteiger partial charge in [0.15, 0.2) is 5.76 Å². The number of benzene rings is 2. The maximum Gasteiger partial charge on any atom is 0.291 e. The Morgan fingerprint density at radius 3 is 2.48 bits per heavy atom. The van der Waals surface area contributed by atoms with Gasteiger partial charge in [-0.2, -0.15) is 0 Å². The van der Waals surface area contributed by atoms with Gasteiger partial charge in [-0.1, -0.05) is 42.5 Å². The van der Waals surface area contributed by atoms with Gasteiger partial charge in [0.05, 0.1) is 6.26 Å². The zero-order valence-electron chi connectivity index (χ0n) is 15.7. The summed E-state index contributed by atoms with van der Waals surface area (Å²) in [6.07, 6.45) is 2.14. The van der Waals surface area contributed by atoms with E-state index < -0.39 is 0 Å². The average Bonchev–Trinajstić information content (AvgIpc) is 3.46. The van der Waals surface area contributed by atoms with Crippen LogP contribution in [0.1, 0.15) is 34.1 Å². The molecule has 0 spiro atoms. The monoisotopic (exact) mass is 390 g/mol. The predicted molar refractivity (Wildman–Crippen MR) is 109 cm³/mol. The minimum absolute atomic E-state index is 0.0499. The van der Waals surface area contributed by atoms with Gasteiger partial charge in [0.25, 0.3) is 5.91 Å². The lowest BCUT2D eigenvalue weighted by Crippen LogP contribution is -2.42. The minimum Gasteiger partial charge on any atom is -0.459 e. The van der Waals surface area contributed by atoms with Crippen LogP contribution in [-0.2, 0) is 11.3 Å². The van der Waals surface area contributed by atoms with Crippen molar-refractivity contribution in [2.75, 3.05) is 5.32 Å². The highest BCUT2D eigenvalue weighted by atomic mass is 16.3. The number of nitrogens with one attached hydrogen (secondary N) is 4. The van der Waals surface area contributed by atoms with Crippen molar-refractivity contribution in [3.05, 3.63) is 89.9 Å². The normalized spacial score (nSPS) is 18.3. The molecule has 0 radical (unpaired) electrons. The average molecular weight is 390 g/mol. The van der Waals surface area contributed by atoms with E-state index in [1.54, 1.807) is 24.3 Å². The summed E-state index contributed by atoms with van der Waals surface area (Å²) >= 11 is 0. The maximum absolute atomic E-state index is 12.5. The third-order valence-corrected chi connectivity index (χ3v) is 4.85. The SMILES string of the molecule is O=C(Nc1ccc(CNC(=O)C2CC(c3ccccc3)NN2)cc1)c1ccco1. The molecule has 4 N–H and O–H groups in total. The summed E-state index contributed by atoms with van der Waals surface area (Å²) in [6, 6.07) is 20.5. The summed E-state index contributed by atoms with van der Waals surface area (Å²) in [5.41, 5.74) is 9.01. The van der Waals surface area contributed by atoms with Crippen LogP contribution in [0.25, 0.3) is 0 Å². The third-order valence-electron chi connectivity index (χ3n) is 4.85. The molecule has 2 amide bonds. The molecule has 1 aliphatic rings. The molecule has 1 aromatic heterocycles. The molecule has 2 atom stereocenters. The molecular weight excluding hydrogens is 368 g/mol. The van der Waals surface area contributed by atoms with E-state index in [1.165, 1.54) is 6.26 Å². The van der Waals surface area contributed by atoms with Crippen LogP contribution in [-0.4, -0.2) is 17.9 Å². The molecule has 0 bridgehead atoms. The summed E-state index contributed by atoms with van der Waals surface area (Å²) in [7, 11) is 0. The van der Waals surface area contributed by atoms with Crippen LogP contribution >= 0.6 is 0 Å². The van der Waals surface area contributed by atoms with Gasteiger partial charge in [-0.3, -0.25) is 9.59 Å². The van der Waals surface area contributed by atoms with Crippen LogP contribution in [0.15, 0.2) is 77.4 Å². The fraction of sp³-hybridized carbons (Fsp3) is 0.182. The van der Waals surface area contributed by atoms with Gasteiger partial charge in [-0.25, -0.2) is 10.9 Å². The fourth-order valence-corrected chi connectivity index (χ4v) is 3.25. The van der Waals surface area contributed by atoms with E-state index >= 15 is 0 Å². The molecule has 1 fully saturated rings. The first-order valence-electron chi connectivity index (χ1n) is 9.46. The highest BCUT2D eigenvalue weighted by Crippen LogP contribution is 2.22. The Kier molecular flexibility index (Phi) is 5.69. The van der Waals surface area contributed by atoms with Crippen molar-refractivity contribution in [2.24, 2.45) is 0 Å². The maximum atomic E-state index is 12.5. The molecule has 7 heteroatoms. The number of carbonyl (C=O) groups excluding carboxylic acids is 2. The highest BCUT2D eigenvalue weighted by Gasteiger charge is 2.29. The van der Waals surface area contributed by atoms with Crippen LogP contribution in [0.4, 0.5) is 5.69 Å². The summed E-state index contributed by atoms with van der Waals surface area (Å²) in [5.74, 6) is -0.0946. The number of hydrazine groups is 1. The van der Waals surface area contributed by atoms with Crippen molar-refractivity contribution < 1.29 is 14.0 Å². The minimum atomic E-state index is -0.302. The predicted octanol–water partition coefficient (Wildman–Crippen LogP) is 2.76. The molecule has 4 rings (SSSR count). The van der Waals surface area contributed by atoms with Crippen LogP contribution in [0.2, 0.25) is 0 Å². The van der Waals surface area contributed by atoms with Crippen molar-refractivity contribution in [1.82, 2.24) is 16.2 Å². The van der Waals surface area contributed by atoms with Crippen molar-refractivity contribution in [1.29, 1.82) is 0 Å². The van der Waals surface area contributed by atoms with Crippen molar-refractivity contribution in [2.45, 2.75) is 25.0 Å². The highest BCUT2D eigenvalue weighted by molar-refractivity contribution is 6.02. The summed E-state index contributed by atoms with van der Waals surface area (Å²) in [4.78, 5) is 24.4. The molecule has 1 aliphatic heterocycles. The van der Waals surface area contributed by atoms with Gasteiger partial charge in [0.1, 0.15) is 6.04 Å². The number of carbonyl (C=O) groups is 2. The van der Waals surface area contributed by atoms with Crippen LogP contribution < -0.4 is 21.5 Å². The van der Waals surface area contributed by atoms with Gasteiger partial charge in [0, 0.05) is 18.3 Å². The molecule has 2 unspecified atom stereocenters. The number of anilines is 1. The Balaban J connectivity index is 1.26. The summed E-state index contributed by atoms with van der Waals surface area (Å²) < 4.78 is 5.07. The molecule has 2 heterocycles. The summed E-state index contributed by atoms with van der Waals surface area (Å²) in [5, 5.41) is 5.72. The van der Waals surface area contributed by atoms with Gasteiger partial charge in [-0.05, 0) is 41.8 Å². The first kappa shape index (κ1) is 18.9. The van der Waals surface area contributed by atoms with Crippen LogP contribution in [0.3, 0.4) is 0 Å². The molecule has 7 nitrogen and oxygen atoms in total. The zero-order valence-corrected chi connectivity index (χ0v) is 15.7. The zero-order chi connectivity index (χ0) is 20.1. The third kappa shape index (κ3) is 4.71. The lowest BCUT2D eigenvalue weighted by atomic mass is 10.0. The quantitative estimate of drug-likeness (QED) is 0.519. The standard InChI is InChI=1S/C22H22N4O3/c27-21(19-13-18(25-26-19)16-5-2-1-3-6-16)23-14-15-8-10-17(11-9-15)24-22(28)20-7-4-12-29-20/h1-12,18-19,25-26H,13-14H2,(H,23,27)(H,24,28). The molecule has 148 valence electrons. The molecule has 2 aromatic carbocycles. The van der Waals surface area contributed by atoms with E-state index in [-0.39, 0.29) is 29.7 Å². The molecule has 1 saturated heterocycles. The van der Waals surface area contributed by atoms with E-state index in [0.717, 1.165) is 11.1 Å². The Labute approximate surface area is 168 Å². The Morgan fingerprint density at radius 1 is 0.966 bits per heavy atom. The molecule has 0 saturated carbocycles. The van der Waals surface area contributed by atoms with E-state index in [1.807, 2.05) is 42.5 Å². The van der Waals surface area contributed by atoms with E-state index in [0.29, 0.717) is 18.7 Å². The second-order valence-electron chi connectivity index (χ2n) is 6.89. The number of hydrogen-bond donors (Lipinski definition) is 4. The molecular formula is C22H22N4O3. The molecule has 3 aromatic rings.